The second-order valence-electron chi connectivity index (χ2n) is 2.44. The summed E-state index contributed by atoms with van der Waals surface area (Å²) in [7, 11) is -4.67. The van der Waals surface area contributed by atoms with Crippen LogP contribution in [0.2, 0.25) is 0 Å². The van der Waals surface area contributed by atoms with Crippen molar-refractivity contribution in [3.63, 3.8) is 0 Å². The van der Waals surface area contributed by atoms with E-state index in [1.807, 2.05) is 0 Å². The van der Waals surface area contributed by atoms with Gasteiger partial charge in [-0.25, -0.2) is 0 Å². The zero-order chi connectivity index (χ0) is 10.7. The van der Waals surface area contributed by atoms with Crippen molar-refractivity contribution < 1.29 is 17.5 Å². The Bertz CT molecular complexity index is 167. The van der Waals surface area contributed by atoms with Gasteiger partial charge in [-0.05, 0) is 25.9 Å². The molecule has 0 fully saturated rings. The van der Waals surface area contributed by atoms with Crippen molar-refractivity contribution in [2.45, 2.75) is 25.7 Å². The van der Waals surface area contributed by atoms with Crippen molar-refractivity contribution in [3.8, 4) is 0 Å². The molecule has 0 amide bonds. The van der Waals surface area contributed by atoms with Gasteiger partial charge in [0.25, 0.3) is 0 Å². The molecule has 7 heteroatoms. The molecule has 0 aromatic carbocycles. The molecule has 6 nitrogen and oxygen atoms in total. The van der Waals surface area contributed by atoms with E-state index in [-0.39, 0.29) is 0 Å². The van der Waals surface area contributed by atoms with Gasteiger partial charge < -0.3 is 11.5 Å². The third-order valence-corrected chi connectivity index (χ3v) is 1.16. The highest BCUT2D eigenvalue weighted by atomic mass is 32.3. The predicted molar refractivity (Wildman–Crippen MR) is 50.8 cm³/mol. The molecule has 0 atom stereocenters. The van der Waals surface area contributed by atoms with E-state index in [1.165, 1.54) is 12.8 Å². The molecule has 0 saturated carbocycles. The highest BCUT2D eigenvalue weighted by molar-refractivity contribution is 7.79. The number of nitrogens with two attached hydrogens (primary N) is 2. The molecule has 0 aliphatic carbocycles. The van der Waals surface area contributed by atoms with Crippen LogP contribution >= 0.6 is 0 Å². The van der Waals surface area contributed by atoms with Crippen LogP contribution in [-0.4, -0.2) is 30.6 Å². The number of hydrogen-bond donors (Lipinski definition) is 4. The summed E-state index contributed by atoms with van der Waals surface area (Å²) in [4.78, 5) is 0. The maximum atomic E-state index is 8.74. The predicted octanol–water partition coefficient (Wildman–Crippen LogP) is -0.189. The average Bonchev–Trinajstić information content (AvgIpc) is 1.95. The zero-order valence-electron chi connectivity index (χ0n) is 7.52. The Morgan fingerprint density at radius 3 is 1.23 bits per heavy atom. The molecule has 0 unspecified atom stereocenters. The van der Waals surface area contributed by atoms with Gasteiger partial charge in [-0.2, -0.15) is 8.42 Å². The highest BCUT2D eigenvalue weighted by Gasteiger charge is 1.84. The van der Waals surface area contributed by atoms with Crippen LogP contribution in [0.25, 0.3) is 0 Å². The summed E-state index contributed by atoms with van der Waals surface area (Å²) in [5.41, 5.74) is 10.6. The summed E-state index contributed by atoms with van der Waals surface area (Å²) in [6.45, 7) is 1.65. The molecule has 6 N–H and O–H groups in total. The summed E-state index contributed by atoms with van der Waals surface area (Å²) < 4.78 is 31.6. The zero-order valence-corrected chi connectivity index (χ0v) is 8.33. The summed E-state index contributed by atoms with van der Waals surface area (Å²) in [6, 6.07) is 0. The fraction of sp³-hybridized carbons (Fsp3) is 1.00. The first-order chi connectivity index (χ1) is 5.91. The minimum Gasteiger partial charge on any atom is -0.330 e. The molecule has 0 radical (unpaired) electrons. The Hall–Kier alpha value is -0.210. The summed E-state index contributed by atoms with van der Waals surface area (Å²) in [5.74, 6) is 0. The Morgan fingerprint density at radius 2 is 1.08 bits per heavy atom. The van der Waals surface area contributed by atoms with Gasteiger partial charge in [0.1, 0.15) is 0 Å². The number of hydrogen-bond acceptors (Lipinski definition) is 4. The topological polar surface area (TPSA) is 127 Å². The maximum absolute atomic E-state index is 8.74. The Morgan fingerprint density at radius 1 is 0.846 bits per heavy atom. The van der Waals surface area contributed by atoms with Crippen molar-refractivity contribution in [1.29, 1.82) is 0 Å². The highest BCUT2D eigenvalue weighted by Crippen LogP contribution is 1.95. The normalized spacial score (nSPS) is 10.5. The van der Waals surface area contributed by atoms with Gasteiger partial charge >= 0.3 is 10.4 Å². The van der Waals surface area contributed by atoms with Crippen molar-refractivity contribution in [2.75, 3.05) is 13.1 Å². The van der Waals surface area contributed by atoms with E-state index in [9.17, 15) is 0 Å². The Balaban J connectivity index is 0. The lowest BCUT2D eigenvalue weighted by molar-refractivity contribution is 0.381. The van der Waals surface area contributed by atoms with Crippen LogP contribution in [0.1, 0.15) is 25.7 Å². The fourth-order valence-electron chi connectivity index (χ4n) is 0.642. The molecule has 0 rings (SSSR count). The standard InChI is InChI=1S/C6H16N2.H2O4S/c7-5-3-1-2-4-6-8;1-5(2,3)4/h1-8H2;(H2,1,2,3,4). The third-order valence-electron chi connectivity index (χ3n) is 1.16. The van der Waals surface area contributed by atoms with Gasteiger partial charge in [0.15, 0.2) is 0 Å². The molecule has 0 spiro atoms. The molecule has 0 aromatic heterocycles. The largest absolute Gasteiger partial charge is 0.394 e. The van der Waals surface area contributed by atoms with Crippen LogP contribution in [0.4, 0.5) is 0 Å². The van der Waals surface area contributed by atoms with E-state index in [0.29, 0.717) is 0 Å². The van der Waals surface area contributed by atoms with Crippen LogP contribution in [0, 0.1) is 0 Å². The van der Waals surface area contributed by atoms with Gasteiger partial charge in [-0.3, -0.25) is 9.11 Å². The van der Waals surface area contributed by atoms with Gasteiger partial charge in [0.05, 0.1) is 0 Å². The van der Waals surface area contributed by atoms with E-state index >= 15 is 0 Å². The van der Waals surface area contributed by atoms with Gasteiger partial charge in [-0.15, -0.1) is 0 Å². The first-order valence-electron chi connectivity index (χ1n) is 4.01. The SMILES string of the molecule is NCCCCCCN.O=S(=O)(O)O. The second-order valence-corrected chi connectivity index (χ2v) is 3.34. The van der Waals surface area contributed by atoms with Crippen molar-refractivity contribution in [2.24, 2.45) is 11.5 Å². The molecular weight excluding hydrogens is 196 g/mol. The minimum atomic E-state index is -4.67. The minimum absolute atomic E-state index is 0.824. The molecule has 13 heavy (non-hydrogen) atoms. The molecule has 0 aliphatic rings. The summed E-state index contributed by atoms with van der Waals surface area (Å²) >= 11 is 0. The monoisotopic (exact) mass is 214 g/mol. The van der Waals surface area contributed by atoms with Gasteiger partial charge in [0.2, 0.25) is 0 Å². The lowest BCUT2D eigenvalue weighted by atomic mass is 10.2. The number of unbranched alkanes of at least 4 members (excludes halogenated alkanes) is 3. The fourth-order valence-corrected chi connectivity index (χ4v) is 0.642. The summed E-state index contributed by atoms with van der Waals surface area (Å²) in [6.07, 6.45) is 4.79. The molecule has 0 heterocycles. The molecule has 82 valence electrons. The molecular formula is C6H18N2O4S. The Kier molecular flexibility index (Phi) is 11.6. The molecule has 0 aliphatic heterocycles. The van der Waals surface area contributed by atoms with Crippen molar-refractivity contribution in [3.05, 3.63) is 0 Å². The van der Waals surface area contributed by atoms with Crippen LogP contribution in [0.3, 0.4) is 0 Å². The first kappa shape index (κ1) is 15.3. The Labute approximate surface area is 78.9 Å². The lowest BCUT2D eigenvalue weighted by Crippen LogP contribution is -2.00. The molecule has 0 bridgehead atoms. The van der Waals surface area contributed by atoms with Crippen LogP contribution in [-0.2, 0) is 10.4 Å². The van der Waals surface area contributed by atoms with E-state index in [0.717, 1.165) is 25.9 Å². The van der Waals surface area contributed by atoms with Crippen molar-refractivity contribution in [1.82, 2.24) is 0 Å². The maximum Gasteiger partial charge on any atom is 0.394 e. The van der Waals surface area contributed by atoms with Crippen LogP contribution in [0.5, 0.6) is 0 Å². The molecule has 0 saturated heterocycles. The average molecular weight is 214 g/mol. The smallest absolute Gasteiger partial charge is 0.330 e. The third kappa shape index (κ3) is 49.3. The number of rotatable bonds is 5. The second kappa shape index (κ2) is 9.87. The van der Waals surface area contributed by atoms with E-state index < -0.39 is 10.4 Å². The molecule has 0 aromatic rings. The van der Waals surface area contributed by atoms with Crippen LogP contribution in [0.15, 0.2) is 0 Å². The van der Waals surface area contributed by atoms with Crippen molar-refractivity contribution >= 4 is 10.4 Å². The van der Waals surface area contributed by atoms with E-state index in [4.69, 9.17) is 29.0 Å². The van der Waals surface area contributed by atoms with Gasteiger partial charge in [-0.1, -0.05) is 12.8 Å². The van der Waals surface area contributed by atoms with Crippen LogP contribution < -0.4 is 11.5 Å². The quantitative estimate of drug-likeness (QED) is 0.371. The lowest BCUT2D eigenvalue weighted by Gasteiger charge is -1.94. The first-order valence-corrected chi connectivity index (χ1v) is 5.41. The summed E-state index contributed by atoms with van der Waals surface area (Å²) in [5, 5.41) is 0. The van der Waals surface area contributed by atoms with E-state index in [1.54, 1.807) is 0 Å². The van der Waals surface area contributed by atoms with E-state index in [2.05, 4.69) is 0 Å². The van der Waals surface area contributed by atoms with Gasteiger partial charge in [0, 0.05) is 0 Å².